The Hall–Kier alpha value is -6.16. The van der Waals surface area contributed by atoms with Gasteiger partial charge < -0.3 is 0 Å². The van der Waals surface area contributed by atoms with E-state index in [9.17, 15) is 52.7 Å². The summed E-state index contributed by atoms with van der Waals surface area (Å²) in [6.07, 6.45) is 0.303. The van der Waals surface area contributed by atoms with Crippen LogP contribution in [-0.4, -0.2) is 11.1 Å². The van der Waals surface area contributed by atoms with E-state index in [4.69, 9.17) is 0 Å². The Morgan fingerprint density at radius 3 is 0.793 bits per heavy atom. The molecule has 0 bridgehead atoms. The molecule has 0 aliphatic rings. The highest BCUT2D eigenvalue weighted by Crippen LogP contribution is 2.30. The van der Waals surface area contributed by atoms with Gasteiger partial charge in [-0.15, -0.1) is 21.9 Å². The van der Waals surface area contributed by atoms with Gasteiger partial charge in [-0.3, -0.25) is 4.98 Å². The lowest BCUT2D eigenvalue weighted by Gasteiger charge is -2.44. The first kappa shape index (κ1) is 43.0. The van der Waals surface area contributed by atoms with Crippen LogP contribution in [0.3, 0.4) is 0 Å². The fraction of sp³-hybridized carbons (Fsp3) is 0.0286. The molecule has 0 aliphatic heterocycles. The van der Waals surface area contributed by atoms with E-state index in [1.807, 2.05) is 18.5 Å². The van der Waals surface area contributed by atoms with Crippen LogP contribution in [0.15, 0.2) is 55.1 Å². The molecule has 2 nitrogen and oxygen atoms in total. The number of hydrogen-bond acceptors (Lipinski definition) is 1. The number of nitrogens with zero attached hydrogens (tertiary/aromatic N) is 2. The smallest absolute Gasteiger partial charge is 0.200 e. The molecule has 5 aromatic carbocycles. The van der Waals surface area contributed by atoms with E-state index < -0.39 is 144 Å². The monoisotopic (exact) mass is 850 g/mol. The van der Waals surface area contributed by atoms with Crippen LogP contribution >= 0.6 is 0 Å². The number of aromatic nitrogens is 2. The Kier molecular flexibility index (Phi) is 11.9. The quantitative estimate of drug-likeness (QED) is 0.0568. The lowest BCUT2D eigenvalue weighted by atomic mass is 9.12. The molecule has 0 N–H and O–H groups in total. The Bertz CT molecular complexity index is 2170. The van der Waals surface area contributed by atoms with Crippen molar-refractivity contribution in [2.45, 2.75) is 6.54 Å². The summed E-state index contributed by atoms with van der Waals surface area (Å²) >= 11 is 0. The van der Waals surface area contributed by atoms with Crippen molar-refractivity contribution >= 4 is 28.0 Å². The van der Waals surface area contributed by atoms with Gasteiger partial charge in [0, 0.05) is 5.56 Å². The molecule has 304 valence electrons. The maximum absolute atomic E-state index is 15.4. The van der Waals surface area contributed by atoms with Crippen LogP contribution in [0.5, 0.6) is 0 Å². The van der Waals surface area contributed by atoms with Crippen molar-refractivity contribution in [1.29, 1.82) is 0 Å². The van der Waals surface area contributed by atoms with Gasteiger partial charge in [0.1, 0.15) is 52.7 Å². The van der Waals surface area contributed by atoms with Gasteiger partial charge in [-0.05, 0) is 0 Å². The van der Waals surface area contributed by atoms with E-state index >= 15 is 35.1 Å². The maximum Gasteiger partial charge on any atom is 0.200 e. The van der Waals surface area contributed by atoms with Crippen molar-refractivity contribution in [3.8, 4) is 0 Å². The Labute approximate surface area is 309 Å². The summed E-state index contributed by atoms with van der Waals surface area (Å²) < 4.78 is 296. The van der Waals surface area contributed by atoms with Crippen molar-refractivity contribution in [2.24, 2.45) is 0 Å². The summed E-state index contributed by atoms with van der Waals surface area (Å²) in [6.45, 7) is 0.906. The van der Waals surface area contributed by atoms with Crippen LogP contribution in [-0.2, 0) is 6.54 Å². The van der Waals surface area contributed by atoms with Gasteiger partial charge in [-0.1, -0.05) is 30.3 Å². The van der Waals surface area contributed by atoms with Gasteiger partial charge in [-0.2, -0.15) is 4.57 Å². The second-order valence-corrected chi connectivity index (χ2v) is 11.7. The summed E-state index contributed by atoms with van der Waals surface area (Å²) in [4.78, 5) is 3.97. The zero-order valence-electron chi connectivity index (χ0n) is 27.4. The molecular formula is C35H11BF20N2. The highest BCUT2D eigenvalue weighted by atomic mass is 19.2. The molecule has 0 amide bonds. The highest BCUT2D eigenvalue weighted by molar-refractivity contribution is 7.20. The van der Waals surface area contributed by atoms with Gasteiger partial charge in [0.05, 0.1) is 12.4 Å². The van der Waals surface area contributed by atoms with Crippen molar-refractivity contribution in [3.05, 3.63) is 177 Å². The molecule has 23 heteroatoms. The van der Waals surface area contributed by atoms with Gasteiger partial charge in [0.25, 0.3) is 0 Å². The van der Waals surface area contributed by atoms with E-state index in [0.717, 1.165) is 6.54 Å². The first-order chi connectivity index (χ1) is 27.2. The molecule has 0 fully saturated rings. The van der Waals surface area contributed by atoms with Crippen molar-refractivity contribution in [1.82, 2.24) is 4.98 Å². The molecule has 0 unspecified atom stereocenters. The second-order valence-electron chi connectivity index (χ2n) is 11.7. The second kappa shape index (κ2) is 16.0. The standard InChI is InChI=1S/C24BF20.C11H11N2/c26-5-1(6(27)14(35)21(42)13(5)34)25(2-7(28)15(36)22(43)16(37)8(2)29,3-9(30)17(38)23(44)18(39)10(3)31)4-11(32)19(40)24(45)20(41)12(4)33;1-2-4-11(5-3-1)10-13-8-6-12-7-9-13/h;1-9H,10H2/q-1;+1. The molecule has 1 aromatic heterocycles. The molecule has 0 aliphatic carbocycles. The van der Waals surface area contributed by atoms with Gasteiger partial charge >= 0.3 is 0 Å². The topological polar surface area (TPSA) is 16.8 Å². The normalized spacial score (nSPS) is 11.5. The van der Waals surface area contributed by atoms with Crippen LogP contribution < -0.4 is 26.4 Å². The maximum atomic E-state index is 15.4. The van der Waals surface area contributed by atoms with E-state index in [1.54, 1.807) is 12.4 Å². The fourth-order valence-corrected chi connectivity index (χ4v) is 6.12. The largest absolute Gasteiger partial charge is 0.252 e. The van der Waals surface area contributed by atoms with Gasteiger partial charge in [-0.25, -0.2) is 87.8 Å². The molecule has 0 saturated heterocycles. The van der Waals surface area contributed by atoms with E-state index in [1.165, 1.54) is 5.56 Å². The first-order valence-electron chi connectivity index (χ1n) is 15.2. The molecule has 0 saturated carbocycles. The molecule has 6 rings (SSSR count). The SMILES string of the molecule is Fc1c(F)c(F)c([B-](c2c(F)c(F)c(F)c(F)c2F)(c2c(F)c(F)c(F)c(F)c2F)c2c(F)c(F)c(F)c(F)c2F)c(F)c1F.c1ccc(C[n+]2ccncc2)cc1. The van der Waals surface area contributed by atoms with Crippen molar-refractivity contribution in [2.75, 3.05) is 0 Å². The van der Waals surface area contributed by atoms with Gasteiger partial charge in [0.15, 0.2) is 88.7 Å². The average molecular weight is 850 g/mol. The molecule has 0 spiro atoms. The minimum Gasteiger partial charge on any atom is -0.252 e. The Morgan fingerprint density at radius 2 is 0.552 bits per heavy atom. The first-order valence-corrected chi connectivity index (χ1v) is 15.2. The molecule has 0 radical (unpaired) electrons. The lowest BCUT2D eigenvalue weighted by Crippen LogP contribution is -2.81. The number of rotatable bonds is 6. The Balaban J connectivity index is 0.000000414. The minimum atomic E-state index is -7.22. The molecule has 0 atom stereocenters. The molecule has 1 heterocycles. The third kappa shape index (κ3) is 6.64. The molecule has 6 aromatic rings. The number of benzene rings is 5. The van der Waals surface area contributed by atoms with Gasteiger partial charge in [0.2, 0.25) is 0 Å². The summed E-state index contributed by atoms with van der Waals surface area (Å²) in [5.74, 6) is -71.4. The van der Waals surface area contributed by atoms with Crippen LogP contribution in [0.4, 0.5) is 87.8 Å². The number of hydrogen-bond donors (Lipinski definition) is 0. The zero-order valence-corrected chi connectivity index (χ0v) is 27.4. The third-order valence-electron chi connectivity index (χ3n) is 8.60. The zero-order chi connectivity index (χ0) is 43.3. The summed E-state index contributed by atoms with van der Waals surface area (Å²) in [6, 6.07) is 10.4. The molecule has 58 heavy (non-hydrogen) atoms. The highest BCUT2D eigenvalue weighted by Gasteiger charge is 2.52. The van der Waals surface area contributed by atoms with Crippen LogP contribution in [0.2, 0.25) is 0 Å². The predicted octanol–water partition coefficient (Wildman–Crippen LogP) is 7.26. The lowest BCUT2D eigenvalue weighted by molar-refractivity contribution is -0.688. The molecular weight excluding hydrogens is 839 g/mol. The Morgan fingerprint density at radius 1 is 0.328 bits per heavy atom. The summed E-state index contributed by atoms with van der Waals surface area (Å²) in [5.41, 5.74) is -13.0. The van der Waals surface area contributed by atoms with Crippen LogP contribution in [0.25, 0.3) is 0 Å². The van der Waals surface area contributed by atoms with E-state index in [-0.39, 0.29) is 0 Å². The van der Waals surface area contributed by atoms with Crippen LogP contribution in [0, 0.1) is 116 Å². The van der Waals surface area contributed by atoms with Crippen molar-refractivity contribution in [3.63, 3.8) is 0 Å². The summed E-state index contributed by atoms with van der Waals surface area (Å²) in [7, 11) is 0. The van der Waals surface area contributed by atoms with Crippen LogP contribution in [0.1, 0.15) is 5.56 Å². The minimum absolute atomic E-state index is 0.906. The average Bonchev–Trinajstić information content (AvgIpc) is 3.21. The van der Waals surface area contributed by atoms with E-state index in [2.05, 4.69) is 33.8 Å². The fourth-order valence-electron chi connectivity index (χ4n) is 6.12. The van der Waals surface area contributed by atoms with Crippen molar-refractivity contribution < 1.29 is 92.4 Å². The number of halogens is 20. The van der Waals surface area contributed by atoms with E-state index in [0.29, 0.717) is 0 Å². The summed E-state index contributed by atoms with van der Waals surface area (Å²) in [5, 5.41) is 0. The predicted molar refractivity (Wildman–Crippen MR) is 159 cm³/mol. The third-order valence-corrected chi connectivity index (χ3v) is 8.60.